The third kappa shape index (κ3) is 5.10. The Morgan fingerprint density at radius 3 is 2.62 bits per heavy atom. The van der Waals surface area contributed by atoms with Crippen molar-refractivity contribution in [1.82, 2.24) is 19.8 Å². The van der Waals surface area contributed by atoms with Gasteiger partial charge in [0.2, 0.25) is 12.3 Å². The molecule has 9 heteroatoms. The minimum Gasteiger partial charge on any atom is -0.350 e. The van der Waals surface area contributed by atoms with Crippen molar-refractivity contribution < 1.29 is 24.0 Å². The molecule has 2 aliphatic rings. The van der Waals surface area contributed by atoms with Crippen LogP contribution in [0, 0.1) is 0 Å². The van der Waals surface area contributed by atoms with E-state index in [0.29, 0.717) is 31.8 Å². The lowest BCUT2D eigenvalue weighted by molar-refractivity contribution is -0.186. The summed E-state index contributed by atoms with van der Waals surface area (Å²) in [6.07, 6.45) is 3.20. The smallest absolute Gasteiger partial charge is 0.274 e. The van der Waals surface area contributed by atoms with Crippen LogP contribution in [-0.2, 0) is 32.3 Å². The lowest BCUT2D eigenvalue weighted by atomic mass is 9.91. The van der Waals surface area contributed by atoms with Gasteiger partial charge >= 0.3 is 0 Å². The van der Waals surface area contributed by atoms with Crippen LogP contribution in [0.2, 0.25) is 0 Å². The van der Waals surface area contributed by atoms with Crippen LogP contribution in [0.1, 0.15) is 52.4 Å². The SMILES string of the molecule is CN(C)C(=O)C1CN(C=O)Cc2c1c1ccccc1n2Cc1ccc(C(=O)NOC2CCCCO2)cc1. The predicted molar refractivity (Wildman–Crippen MR) is 138 cm³/mol. The van der Waals surface area contributed by atoms with Crippen LogP contribution in [0.3, 0.4) is 0 Å². The topological polar surface area (TPSA) is 93.1 Å². The first-order chi connectivity index (χ1) is 18.0. The molecule has 0 aliphatic carbocycles. The zero-order valence-corrected chi connectivity index (χ0v) is 21.2. The molecule has 0 radical (unpaired) electrons. The number of aromatic nitrogens is 1. The summed E-state index contributed by atoms with van der Waals surface area (Å²) < 4.78 is 7.66. The van der Waals surface area contributed by atoms with E-state index in [1.807, 2.05) is 36.4 Å². The maximum absolute atomic E-state index is 13.1. The number of benzene rings is 2. The summed E-state index contributed by atoms with van der Waals surface area (Å²) in [5.74, 6) is -0.766. The molecule has 9 nitrogen and oxygen atoms in total. The van der Waals surface area contributed by atoms with Crippen molar-refractivity contribution in [3.63, 3.8) is 0 Å². The maximum Gasteiger partial charge on any atom is 0.274 e. The van der Waals surface area contributed by atoms with E-state index in [1.165, 1.54) is 0 Å². The second-order valence-electron chi connectivity index (χ2n) is 9.83. The molecule has 1 fully saturated rings. The van der Waals surface area contributed by atoms with Crippen LogP contribution in [0.4, 0.5) is 0 Å². The monoisotopic (exact) mass is 504 g/mol. The number of nitrogens with one attached hydrogen (secondary N) is 1. The highest BCUT2D eigenvalue weighted by atomic mass is 16.8. The van der Waals surface area contributed by atoms with Gasteiger partial charge in [0.25, 0.3) is 5.91 Å². The summed E-state index contributed by atoms with van der Waals surface area (Å²) in [5, 5.41) is 1.03. The number of para-hydroxylation sites is 1. The molecular weight excluding hydrogens is 472 g/mol. The van der Waals surface area contributed by atoms with E-state index in [-0.39, 0.29) is 11.8 Å². The number of ether oxygens (including phenoxy) is 1. The first-order valence-corrected chi connectivity index (χ1v) is 12.6. The molecule has 1 N–H and O–H groups in total. The second-order valence-corrected chi connectivity index (χ2v) is 9.83. The van der Waals surface area contributed by atoms with Crippen LogP contribution in [0.25, 0.3) is 10.9 Å². The minimum atomic E-state index is -0.422. The molecule has 0 bridgehead atoms. The molecule has 5 rings (SSSR count). The summed E-state index contributed by atoms with van der Waals surface area (Å²) in [5.41, 5.74) is 6.94. The van der Waals surface area contributed by atoms with Crippen LogP contribution >= 0.6 is 0 Å². The molecule has 3 amide bonds. The normalized spacial score (nSPS) is 19.4. The standard InChI is InChI=1S/C28H32N4O5/c1-30(2)28(35)22-16-31(18-33)17-24-26(22)21-7-3-4-8-23(21)32(24)15-19-10-12-20(13-11-19)27(34)29-37-25-9-5-6-14-36-25/h3-4,7-8,10-13,18,22,25H,5-6,9,14-17H2,1-2H3,(H,29,34). The minimum absolute atomic E-state index is 0.0214. The molecule has 2 atom stereocenters. The van der Waals surface area contributed by atoms with Crippen LogP contribution < -0.4 is 5.48 Å². The molecule has 3 heterocycles. The van der Waals surface area contributed by atoms with Gasteiger partial charge in [0.1, 0.15) is 0 Å². The van der Waals surface area contributed by atoms with E-state index >= 15 is 0 Å². The van der Waals surface area contributed by atoms with Gasteiger partial charge in [-0.05, 0) is 42.2 Å². The Hall–Kier alpha value is -3.69. The van der Waals surface area contributed by atoms with Gasteiger partial charge in [-0.1, -0.05) is 30.3 Å². The number of hydrogen-bond acceptors (Lipinski definition) is 5. The molecule has 2 aromatic carbocycles. The summed E-state index contributed by atoms with van der Waals surface area (Å²) in [7, 11) is 3.48. The maximum atomic E-state index is 13.1. The van der Waals surface area contributed by atoms with Crippen LogP contribution in [0.15, 0.2) is 48.5 Å². The van der Waals surface area contributed by atoms with Crippen LogP contribution in [-0.4, -0.2) is 66.1 Å². The molecule has 1 saturated heterocycles. The van der Waals surface area contributed by atoms with Crippen molar-refractivity contribution in [2.24, 2.45) is 0 Å². The van der Waals surface area contributed by atoms with Gasteiger partial charge in [0.15, 0.2) is 6.29 Å². The van der Waals surface area contributed by atoms with Gasteiger partial charge in [-0.15, -0.1) is 0 Å². The van der Waals surface area contributed by atoms with Crippen molar-refractivity contribution in [1.29, 1.82) is 0 Å². The zero-order chi connectivity index (χ0) is 25.9. The molecule has 194 valence electrons. The number of carbonyl (C=O) groups excluding carboxylic acids is 3. The number of hydroxylamine groups is 1. The van der Waals surface area contributed by atoms with Gasteiger partial charge in [-0.2, -0.15) is 0 Å². The molecule has 0 saturated carbocycles. The first kappa shape index (κ1) is 25.0. The molecule has 2 aliphatic heterocycles. The zero-order valence-electron chi connectivity index (χ0n) is 21.2. The summed E-state index contributed by atoms with van der Waals surface area (Å²) in [6, 6.07) is 15.4. The molecule has 1 aromatic heterocycles. The molecule has 0 spiro atoms. The van der Waals surface area contributed by atoms with E-state index in [0.717, 1.165) is 53.4 Å². The van der Waals surface area contributed by atoms with Gasteiger partial charge in [0, 0.05) is 62.4 Å². The van der Waals surface area contributed by atoms with E-state index < -0.39 is 12.2 Å². The highest BCUT2D eigenvalue weighted by molar-refractivity contribution is 5.95. The van der Waals surface area contributed by atoms with E-state index in [9.17, 15) is 14.4 Å². The summed E-state index contributed by atoms with van der Waals surface area (Å²) >= 11 is 0. The summed E-state index contributed by atoms with van der Waals surface area (Å²) in [6.45, 7) is 1.98. The molecule has 2 unspecified atom stereocenters. The lowest BCUT2D eigenvalue weighted by Crippen LogP contribution is -2.40. The third-order valence-corrected chi connectivity index (χ3v) is 7.11. The lowest BCUT2D eigenvalue weighted by Gasteiger charge is -2.32. The van der Waals surface area contributed by atoms with Crippen molar-refractivity contribution >= 4 is 29.1 Å². The number of amides is 3. The molecular formula is C28H32N4O5. The second kappa shape index (κ2) is 10.7. The van der Waals surface area contributed by atoms with Crippen molar-refractivity contribution in [2.45, 2.75) is 44.6 Å². The molecule has 3 aromatic rings. The Kier molecular flexibility index (Phi) is 7.25. The third-order valence-electron chi connectivity index (χ3n) is 7.11. The van der Waals surface area contributed by atoms with Gasteiger partial charge in [-0.3, -0.25) is 14.4 Å². The fourth-order valence-electron chi connectivity index (χ4n) is 5.23. The Morgan fingerprint density at radius 2 is 1.92 bits per heavy atom. The number of hydrogen-bond donors (Lipinski definition) is 1. The van der Waals surface area contributed by atoms with Gasteiger partial charge < -0.3 is 19.1 Å². The Bertz CT molecular complexity index is 1290. The number of likely N-dealkylation sites (N-methyl/N-ethyl adjacent to an activating group) is 1. The van der Waals surface area contributed by atoms with E-state index in [4.69, 9.17) is 9.57 Å². The average Bonchev–Trinajstić information content (AvgIpc) is 3.25. The average molecular weight is 505 g/mol. The first-order valence-electron chi connectivity index (χ1n) is 12.6. The fourth-order valence-corrected chi connectivity index (χ4v) is 5.23. The number of fused-ring (bicyclic) bond motifs is 3. The fraction of sp³-hybridized carbons (Fsp3) is 0.393. The number of rotatable bonds is 7. The molecule has 37 heavy (non-hydrogen) atoms. The Labute approximate surface area is 215 Å². The van der Waals surface area contributed by atoms with Crippen molar-refractivity contribution in [3.8, 4) is 0 Å². The largest absolute Gasteiger partial charge is 0.350 e. The van der Waals surface area contributed by atoms with Crippen molar-refractivity contribution in [2.75, 3.05) is 27.2 Å². The highest BCUT2D eigenvalue weighted by Crippen LogP contribution is 2.38. The number of nitrogens with zero attached hydrogens (tertiary/aromatic N) is 3. The van der Waals surface area contributed by atoms with Gasteiger partial charge in [0.05, 0.1) is 12.5 Å². The Morgan fingerprint density at radius 1 is 1.14 bits per heavy atom. The van der Waals surface area contributed by atoms with E-state index in [2.05, 4.69) is 10.0 Å². The Balaban J connectivity index is 1.40. The predicted octanol–water partition coefficient (Wildman–Crippen LogP) is 3.02. The van der Waals surface area contributed by atoms with Crippen LogP contribution in [0.5, 0.6) is 0 Å². The quantitative estimate of drug-likeness (QED) is 0.395. The van der Waals surface area contributed by atoms with Crippen molar-refractivity contribution in [3.05, 3.63) is 70.9 Å². The highest BCUT2D eigenvalue weighted by Gasteiger charge is 2.35. The summed E-state index contributed by atoms with van der Waals surface area (Å²) in [4.78, 5) is 46.1. The van der Waals surface area contributed by atoms with Gasteiger partial charge in [-0.25, -0.2) is 10.3 Å². The number of carbonyl (C=O) groups is 3. The van der Waals surface area contributed by atoms with E-state index in [1.54, 1.807) is 36.0 Å².